The van der Waals surface area contributed by atoms with Crippen molar-refractivity contribution in [1.82, 2.24) is 4.90 Å². The average molecular weight is 225 g/mol. The van der Waals surface area contributed by atoms with E-state index in [1.165, 1.54) is 5.47 Å². The molecule has 16 heavy (non-hydrogen) atoms. The van der Waals surface area contributed by atoms with Crippen molar-refractivity contribution in [3.8, 4) is 0 Å². The zero-order valence-corrected chi connectivity index (χ0v) is 11.6. The Morgan fingerprint density at radius 2 is 1.88 bits per heavy atom. The summed E-state index contributed by atoms with van der Waals surface area (Å²) in [6, 6.07) is 0. The van der Waals surface area contributed by atoms with Crippen molar-refractivity contribution in [1.29, 1.82) is 0 Å². The molecule has 0 aromatic carbocycles. The quantitative estimate of drug-likeness (QED) is 0.690. The van der Waals surface area contributed by atoms with Crippen molar-refractivity contribution in [2.24, 2.45) is 0 Å². The molecule has 0 bridgehead atoms. The van der Waals surface area contributed by atoms with E-state index in [2.05, 4.69) is 26.6 Å². The topological polar surface area (TPSA) is 29.5 Å². The van der Waals surface area contributed by atoms with Crippen molar-refractivity contribution in [2.45, 2.75) is 46.9 Å². The van der Waals surface area contributed by atoms with E-state index in [1.807, 2.05) is 20.8 Å². The molecule has 92 valence electrons. The summed E-state index contributed by atoms with van der Waals surface area (Å²) in [5, 5.41) is 0. The smallest absolute Gasteiger partial charge is 0.410 e. The number of likely N-dealkylation sites (N-methyl/N-ethyl adjacent to an activating group) is 1. The molecule has 0 aliphatic rings. The third-order valence-electron chi connectivity index (χ3n) is 2.30. The van der Waals surface area contributed by atoms with E-state index in [0.717, 1.165) is 0 Å². The second-order valence-electron chi connectivity index (χ2n) is 5.46. The number of rotatable bonds is 3. The molecule has 0 heterocycles. The highest BCUT2D eigenvalue weighted by Gasteiger charge is 2.18. The molecule has 0 atom stereocenters. The van der Waals surface area contributed by atoms with Gasteiger partial charge in [0.15, 0.2) is 6.71 Å². The number of hydrogen-bond donors (Lipinski definition) is 0. The van der Waals surface area contributed by atoms with Crippen LogP contribution in [0.25, 0.3) is 0 Å². The lowest BCUT2D eigenvalue weighted by molar-refractivity contribution is 0.0317. The number of carbonyl (C=O) groups excluding carboxylic acids is 1. The van der Waals surface area contributed by atoms with Gasteiger partial charge in [0.25, 0.3) is 0 Å². The molecule has 0 fully saturated rings. The van der Waals surface area contributed by atoms with Gasteiger partial charge in [0, 0.05) is 13.6 Å². The van der Waals surface area contributed by atoms with Crippen LogP contribution in [0.1, 0.15) is 27.7 Å². The minimum Gasteiger partial charge on any atom is -0.444 e. The maximum atomic E-state index is 11.6. The number of ether oxygens (including phenoxy) is 1. The Bertz CT molecular complexity index is 267. The van der Waals surface area contributed by atoms with E-state index in [0.29, 0.717) is 13.3 Å². The Morgan fingerprint density at radius 1 is 1.38 bits per heavy atom. The Labute approximate surface area is 99.9 Å². The zero-order chi connectivity index (χ0) is 12.9. The number of nitrogens with zero attached hydrogens (tertiary/aromatic N) is 1. The van der Waals surface area contributed by atoms with Crippen molar-refractivity contribution >= 4 is 12.8 Å². The molecule has 1 amide bonds. The first-order valence-electron chi connectivity index (χ1n) is 5.74. The van der Waals surface area contributed by atoms with Gasteiger partial charge in [-0.15, -0.1) is 5.47 Å². The molecule has 3 nitrogen and oxygen atoms in total. The Hall–Kier alpha value is -0.925. The largest absolute Gasteiger partial charge is 0.444 e. The molecule has 0 aliphatic carbocycles. The summed E-state index contributed by atoms with van der Waals surface area (Å²) >= 11 is 0. The maximum Gasteiger partial charge on any atom is 0.410 e. The molecule has 0 unspecified atom stereocenters. The van der Waals surface area contributed by atoms with Gasteiger partial charge in [-0.2, -0.15) is 0 Å². The fourth-order valence-electron chi connectivity index (χ4n) is 0.931. The van der Waals surface area contributed by atoms with Gasteiger partial charge in [0.05, 0.1) is 0 Å². The van der Waals surface area contributed by atoms with Gasteiger partial charge in [0.2, 0.25) is 0 Å². The molecule has 0 saturated carbocycles. The van der Waals surface area contributed by atoms with E-state index in [9.17, 15) is 4.79 Å². The summed E-state index contributed by atoms with van der Waals surface area (Å²) in [7, 11) is 1.75. The van der Waals surface area contributed by atoms with E-state index in [-0.39, 0.29) is 6.09 Å². The van der Waals surface area contributed by atoms with Crippen molar-refractivity contribution in [3.63, 3.8) is 0 Å². The molecule has 0 N–H and O–H groups in total. The zero-order valence-electron chi connectivity index (χ0n) is 11.6. The molecule has 0 spiro atoms. The van der Waals surface area contributed by atoms with Crippen LogP contribution in [0.4, 0.5) is 4.79 Å². The molecule has 0 aliphatic heterocycles. The van der Waals surface area contributed by atoms with Gasteiger partial charge in [-0.05, 0) is 20.8 Å². The first-order valence-corrected chi connectivity index (χ1v) is 5.74. The highest BCUT2D eigenvalue weighted by molar-refractivity contribution is 6.63. The van der Waals surface area contributed by atoms with Crippen LogP contribution < -0.4 is 0 Å². The third kappa shape index (κ3) is 6.54. The van der Waals surface area contributed by atoms with Gasteiger partial charge < -0.3 is 9.64 Å². The molecule has 4 heteroatoms. The van der Waals surface area contributed by atoms with Crippen LogP contribution in [0.3, 0.4) is 0 Å². The molecule has 0 rings (SSSR count). The Balaban J connectivity index is 4.22. The average Bonchev–Trinajstić information content (AvgIpc) is 2.10. The van der Waals surface area contributed by atoms with Crippen LogP contribution in [0.2, 0.25) is 13.6 Å². The minimum absolute atomic E-state index is 0.277. The van der Waals surface area contributed by atoms with E-state index >= 15 is 0 Å². The fraction of sp³-hybridized carbons (Fsp3) is 0.750. The van der Waals surface area contributed by atoms with Gasteiger partial charge >= 0.3 is 6.09 Å². The normalized spacial score (nSPS) is 12.3. The Morgan fingerprint density at radius 3 is 2.25 bits per heavy atom. The van der Waals surface area contributed by atoms with Crippen molar-refractivity contribution in [2.75, 3.05) is 13.6 Å². The lowest BCUT2D eigenvalue weighted by Crippen LogP contribution is -2.34. The number of allylic oxidation sites excluding steroid dienone is 1. The number of amides is 1. The SMILES string of the molecule is CB(C)/C(C)=C/CN(C)C(=O)OC(C)(C)C. The predicted octanol–water partition coefficient (Wildman–Crippen LogP) is 3.09. The predicted molar refractivity (Wildman–Crippen MR) is 70.1 cm³/mol. The van der Waals surface area contributed by atoms with E-state index < -0.39 is 5.60 Å². The van der Waals surface area contributed by atoms with Crippen molar-refractivity contribution < 1.29 is 9.53 Å². The van der Waals surface area contributed by atoms with Gasteiger partial charge in [-0.25, -0.2) is 4.79 Å². The molecule has 0 aromatic rings. The van der Waals surface area contributed by atoms with Crippen LogP contribution in [0.15, 0.2) is 11.5 Å². The summed E-state index contributed by atoms with van der Waals surface area (Å²) in [6.45, 7) is 13.1. The van der Waals surface area contributed by atoms with Crippen LogP contribution >= 0.6 is 0 Å². The van der Waals surface area contributed by atoms with Crippen LogP contribution in [-0.2, 0) is 4.74 Å². The lowest BCUT2D eigenvalue weighted by Gasteiger charge is -2.24. The van der Waals surface area contributed by atoms with Gasteiger partial charge in [0.1, 0.15) is 5.60 Å². The molecule has 0 saturated heterocycles. The summed E-state index contributed by atoms with van der Waals surface area (Å²) < 4.78 is 5.25. The number of hydrogen-bond acceptors (Lipinski definition) is 2. The highest BCUT2D eigenvalue weighted by Crippen LogP contribution is 2.09. The summed E-state index contributed by atoms with van der Waals surface area (Å²) in [6.07, 6.45) is 1.79. The molecule has 0 radical (unpaired) electrons. The van der Waals surface area contributed by atoms with Crippen LogP contribution in [0, 0.1) is 0 Å². The molecular weight excluding hydrogens is 201 g/mol. The molecular formula is C12H24BNO2. The van der Waals surface area contributed by atoms with E-state index in [4.69, 9.17) is 4.74 Å². The van der Waals surface area contributed by atoms with Crippen LogP contribution in [0.5, 0.6) is 0 Å². The summed E-state index contributed by atoms with van der Waals surface area (Å²) in [5.74, 6) is 0. The first kappa shape index (κ1) is 15.1. The Kier molecular flexibility index (Phi) is 5.63. The third-order valence-corrected chi connectivity index (χ3v) is 2.30. The second kappa shape index (κ2) is 5.97. The van der Waals surface area contributed by atoms with E-state index in [1.54, 1.807) is 11.9 Å². The fourth-order valence-corrected chi connectivity index (χ4v) is 0.931. The van der Waals surface area contributed by atoms with Gasteiger partial charge in [-0.1, -0.05) is 26.6 Å². The summed E-state index contributed by atoms with van der Waals surface area (Å²) in [5.41, 5.74) is 0.859. The first-order chi connectivity index (χ1) is 7.13. The monoisotopic (exact) mass is 225 g/mol. The highest BCUT2D eigenvalue weighted by atomic mass is 16.6. The van der Waals surface area contributed by atoms with Crippen LogP contribution in [-0.4, -0.2) is 36.9 Å². The summed E-state index contributed by atoms with van der Waals surface area (Å²) in [4.78, 5) is 13.2. The number of carbonyl (C=O) groups is 1. The maximum absolute atomic E-state index is 11.6. The molecule has 0 aromatic heterocycles. The minimum atomic E-state index is -0.428. The van der Waals surface area contributed by atoms with Crippen molar-refractivity contribution in [3.05, 3.63) is 11.5 Å². The second-order valence-corrected chi connectivity index (χ2v) is 5.46. The van der Waals surface area contributed by atoms with Gasteiger partial charge in [-0.3, -0.25) is 0 Å². The lowest BCUT2D eigenvalue weighted by atomic mass is 9.49. The standard InChI is InChI=1S/C12H24BNO2/c1-10(13(5)6)8-9-14(7)11(15)16-12(2,3)4/h8H,9H2,1-7H3/b10-8+.